The van der Waals surface area contributed by atoms with Gasteiger partial charge < -0.3 is 14.9 Å². The molecule has 0 aliphatic carbocycles. The molecule has 0 spiro atoms. The smallest absolute Gasteiger partial charge is 0.304 e. The van der Waals surface area contributed by atoms with Crippen molar-refractivity contribution in [1.82, 2.24) is 4.90 Å². The summed E-state index contributed by atoms with van der Waals surface area (Å²) >= 11 is 0. The SMILES string of the molecule is CCOc1cc(CN2CCCC2CC(=O)O)ccc1O. The van der Waals surface area contributed by atoms with Crippen LogP contribution in [0.25, 0.3) is 0 Å². The number of carbonyl (C=O) groups is 1. The van der Waals surface area contributed by atoms with Gasteiger partial charge in [0.25, 0.3) is 0 Å². The summed E-state index contributed by atoms with van der Waals surface area (Å²) in [4.78, 5) is 13.0. The summed E-state index contributed by atoms with van der Waals surface area (Å²) in [5, 5.41) is 18.6. The second-order valence-corrected chi connectivity index (χ2v) is 5.10. The topological polar surface area (TPSA) is 70.0 Å². The van der Waals surface area contributed by atoms with Crippen molar-refractivity contribution >= 4 is 5.97 Å². The summed E-state index contributed by atoms with van der Waals surface area (Å²) in [5.41, 5.74) is 1.03. The molecule has 0 aromatic heterocycles. The van der Waals surface area contributed by atoms with Gasteiger partial charge >= 0.3 is 5.97 Å². The van der Waals surface area contributed by atoms with Gasteiger partial charge in [-0.3, -0.25) is 9.69 Å². The van der Waals surface area contributed by atoms with E-state index in [9.17, 15) is 9.90 Å². The van der Waals surface area contributed by atoms with E-state index < -0.39 is 5.97 Å². The number of hydrogen-bond acceptors (Lipinski definition) is 4. The van der Waals surface area contributed by atoms with Gasteiger partial charge in [0.1, 0.15) is 0 Å². The first kappa shape index (κ1) is 14.7. The molecule has 2 rings (SSSR count). The molecule has 1 fully saturated rings. The molecule has 1 atom stereocenters. The van der Waals surface area contributed by atoms with Gasteiger partial charge in [-0.15, -0.1) is 0 Å². The molecule has 0 radical (unpaired) electrons. The summed E-state index contributed by atoms with van der Waals surface area (Å²) in [6.45, 7) is 3.99. The van der Waals surface area contributed by atoms with Crippen molar-refractivity contribution in [1.29, 1.82) is 0 Å². The molecule has 1 unspecified atom stereocenters. The van der Waals surface area contributed by atoms with Crippen molar-refractivity contribution < 1.29 is 19.7 Å². The molecule has 0 saturated carbocycles. The van der Waals surface area contributed by atoms with Crippen LogP contribution in [0.4, 0.5) is 0 Å². The highest BCUT2D eigenvalue weighted by molar-refractivity contribution is 5.67. The number of hydrogen-bond donors (Lipinski definition) is 2. The van der Waals surface area contributed by atoms with Crippen LogP contribution < -0.4 is 4.74 Å². The third-order valence-electron chi connectivity index (χ3n) is 3.62. The third kappa shape index (κ3) is 3.63. The van der Waals surface area contributed by atoms with Crippen LogP contribution in [-0.4, -0.2) is 40.3 Å². The van der Waals surface area contributed by atoms with E-state index in [0.717, 1.165) is 24.9 Å². The van der Waals surface area contributed by atoms with Gasteiger partial charge in [0, 0.05) is 12.6 Å². The lowest BCUT2D eigenvalue weighted by atomic mass is 10.1. The first-order valence-electron chi connectivity index (χ1n) is 7.00. The molecular formula is C15H21NO4. The molecule has 1 aromatic rings. The Morgan fingerprint density at radius 2 is 2.30 bits per heavy atom. The largest absolute Gasteiger partial charge is 0.504 e. The second-order valence-electron chi connectivity index (χ2n) is 5.10. The van der Waals surface area contributed by atoms with Crippen molar-refractivity contribution in [2.24, 2.45) is 0 Å². The van der Waals surface area contributed by atoms with Gasteiger partial charge in [-0.05, 0) is 44.0 Å². The van der Waals surface area contributed by atoms with Crippen LogP contribution in [0.5, 0.6) is 11.5 Å². The molecule has 1 aliphatic heterocycles. The number of ether oxygens (including phenoxy) is 1. The number of phenolic OH excluding ortho intramolecular Hbond substituents is 1. The number of aliphatic carboxylic acids is 1. The molecule has 2 N–H and O–H groups in total. The average molecular weight is 279 g/mol. The number of benzene rings is 1. The minimum atomic E-state index is -0.748. The zero-order chi connectivity index (χ0) is 14.5. The highest BCUT2D eigenvalue weighted by Gasteiger charge is 2.26. The predicted octanol–water partition coefficient (Wildman–Crippen LogP) is 2.23. The monoisotopic (exact) mass is 279 g/mol. The summed E-state index contributed by atoms with van der Waals surface area (Å²) < 4.78 is 5.37. The summed E-state index contributed by atoms with van der Waals surface area (Å²) in [6.07, 6.45) is 2.16. The zero-order valence-corrected chi connectivity index (χ0v) is 11.7. The number of likely N-dealkylation sites (tertiary alicyclic amines) is 1. The molecular weight excluding hydrogens is 258 g/mol. The maximum atomic E-state index is 10.9. The Bertz CT molecular complexity index is 475. The van der Waals surface area contributed by atoms with Crippen LogP contribution >= 0.6 is 0 Å². The number of phenols is 1. The molecule has 1 aliphatic rings. The second kappa shape index (κ2) is 6.61. The molecule has 5 nitrogen and oxygen atoms in total. The minimum absolute atomic E-state index is 0.108. The summed E-state index contributed by atoms with van der Waals surface area (Å²) in [6, 6.07) is 5.42. The van der Waals surface area contributed by atoms with Gasteiger partial charge in [-0.1, -0.05) is 6.07 Å². The van der Waals surface area contributed by atoms with Crippen molar-refractivity contribution in [2.75, 3.05) is 13.2 Å². The minimum Gasteiger partial charge on any atom is -0.504 e. The highest BCUT2D eigenvalue weighted by atomic mass is 16.5. The average Bonchev–Trinajstić information content (AvgIpc) is 2.80. The number of aromatic hydroxyl groups is 1. The lowest BCUT2D eigenvalue weighted by Crippen LogP contribution is -2.30. The molecule has 1 aromatic carbocycles. The fraction of sp³-hybridized carbons (Fsp3) is 0.533. The summed E-state index contributed by atoms with van der Waals surface area (Å²) in [7, 11) is 0. The predicted molar refractivity (Wildman–Crippen MR) is 75.0 cm³/mol. The number of carboxylic acid groups (broad SMARTS) is 1. The molecule has 5 heteroatoms. The van der Waals surface area contributed by atoms with Crippen molar-refractivity contribution in [2.45, 2.75) is 38.8 Å². The van der Waals surface area contributed by atoms with E-state index >= 15 is 0 Å². The van der Waals surface area contributed by atoms with Crippen LogP contribution in [0.15, 0.2) is 18.2 Å². The molecule has 0 amide bonds. The summed E-state index contributed by atoms with van der Waals surface area (Å²) in [5.74, 6) is -0.124. The van der Waals surface area contributed by atoms with Crippen LogP contribution in [0.2, 0.25) is 0 Å². The van der Waals surface area contributed by atoms with Crippen LogP contribution in [0.1, 0.15) is 31.7 Å². The number of nitrogens with zero attached hydrogens (tertiary/aromatic N) is 1. The Morgan fingerprint density at radius 1 is 1.50 bits per heavy atom. The van der Waals surface area contributed by atoms with Crippen LogP contribution in [0, 0.1) is 0 Å². The lowest BCUT2D eigenvalue weighted by molar-refractivity contribution is -0.138. The van der Waals surface area contributed by atoms with E-state index in [1.165, 1.54) is 0 Å². The molecule has 1 saturated heterocycles. The quantitative estimate of drug-likeness (QED) is 0.835. The van der Waals surface area contributed by atoms with Gasteiger partial charge in [0.05, 0.1) is 13.0 Å². The van der Waals surface area contributed by atoms with E-state index in [-0.39, 0.29) is 18.2 Å². The highest BCUT2D eigenvalue weighted by Crippen LogP contribution is 2.29. The number of rotatable bonds is 6. The standard InChI is InChI=1S/C15H21NO4/c1-2-20-14-8-11(5-6-13(14)17)10-16-7-3-4-12(16)9-15(18)19/h5-6,8,12,17H,2-4,7,9-10H2,1H3,(H,18,19). The molecule has 0 bridgehead atoms. The van der Waals surface area contributed by atoms with E-state index in [1.807, 2.05) is 19.1 Å². The maximum absolute atomic E-state index is 10.9. The Hall–Kier alpha value is -1.75. The van der Waals surface area contributed by atoms with E-state index in [2.05, 4.69) is 4.90 Å². The van der Waals surface area contributed by atoms with E-state index in [0.29, 0.717) is 18.9 Å². The van der Waals surface area contributed by atoms with Crippen LogP contribution in [0.3, 0.4) is 0 Å². The zero-order valence-electron chi connectivity index (χ0n) is 11.7. The fourth-order valence-corrected chi connectivity index (χ4v) is 2.70. The lowest BCUT2D eigenvalue weighted by Gasteiger charge is -2.23. The van der Waals surface area contributed by atoms with Gasteiger partial charge in [0.15, 0.2) is 11.5 Å². The molecule has 20 heavy (non-hydrogen) atoms. The Morgan fingerprint density at radius 3 is 3.00 bits per heavy atom. The number of carboxylic acids is 1. The molecule has 1 heterocycles. The molecule has 110 valence electrons. The van der Waals surface area contributed by atoms with Gasteiger partial charge in [-0.25, -0.2) is 0 Å². The normalized spacial score (nSPS) is 19.1. The van der Waals surface area contributed by atoms with Crippen molar-refractivity contribution in [3.63, 3.8) is 0 Å². The Kier molecular flexibility index (Phi) is 4.84. The van der Waals surface area contributed by atoms with E-state index in [1.54, 1.807) is 6.07 Å². The van der Waals surface area contributed by atoms with Crippen molar-refractivity contribution in [3.05, 3.63) is 23.8 Å². The Balaban J connectivity index is 2.05. The first-order chi connectivity index (χ1) is 9.60. The third-order valence-corrected chi connectivity index (χ3v) is 3.62. The van der Waals surface area contributed by atoms with Gasteiger partial charge in [-0.2, -0.15) is 0 Å². The fourth-order valence-electron chi connectivity index (χ4n) is 2.70. The first-order valence-corrected chi connectivity index (χ1v) is 7.00. The van der Waals surface area contributed by atoms with Crippen molar-refractivity contribution in [3.8, 4) is 11.5 Å². The Labute approximate surface area is 118 Å². The maximum Gasteiger partial charge on any atom is 0.304 e. The van der Waals surface area contributed by atoms with Gasteiger partial charge in [0.2, 0.25) is 0 Å². The van der Waals surface area contributed by atoms with Crippen LogP contribution in [-0.2, 0) is 11.3 Å². The van der Waals surface area contributed by atoms with E-state index in [4.69, 9.17) is 9.84 Å².